The maximum Gasteiger partial charge on any atom is 0.333 e. The van der Waals surface area contributed by atoms with E-state index in [-0.39, 0.29) is 89.8 Å². The summed E-state index contributed by atoms with van der Waals surface area (Å²) in [5, 5.41) is 132. The van der Waals surface area contributed by atoms with Crippen molar-refractivity contribution >= 4 is 41.3 Å². The van der Waals surface area contributed by atoms with Crippen LogP contribution in [0.5, 0.6) is 0 Å². The van der Waals surface area contributed by atoms with Crippen molar-refractivity contribution in [3.05, 3.63) is 0 Å². The molecule has 5 amide bonds. The minimum Gasteiger partial charge on any atom is -0.394 e. The molecule has 0 bridgehead atoms. The van der Waals surface area contributed by atoms with Gasteiger partial charge in [0.05, 0.1) is 39.1 Å². The van der Waals surface area contributed by atoms with Crippen LogP contribution in [0.15, 0.2) is 0 Å². The van der Waals surface area contributed by atoms with Crippen LogP contribution in [0, 0.1) is 0 Å². The number of nitrogens with zero attached hydrogens (tertiary/aromatic N) is 1. The molecule has 0 aromatic carbocycles. The zero-order chi connectivity index (χ0) is 57.4. The van der Waals surface area contributed by atoms with Gasteiger partial charge in [-0.05, 0) is 32.6 Å². The monoisotopic (exact) mass is 1130 g/mol. The highest BCUT2D eigenvalue weighted by Gasteiger charge is 2.52. The highest BCUT2D eigenvalue weighted by Crippen LogP contribution is 2.31. The summed E-state index contributed by atoms with van der Waals surface area (Å²) in [5.41, 5.74) is 0. The zero-order valence-corrected chi connectivity index (χ0v) is 42.6. The first-order chi connectivity index (χ1) is 37.1. The van der Waals surface area contributed by atoms with Gasteiger partial charge in [-0.25, -0.2) is 4.79 Å². The molecule has 5 rings (SSSR count). The number of hydrogen-bond donors (Lipinski definition) is 15. The Morgan fingerprint density at radius 2 is 1.13 bits per heavy atom. The van der Waals surface area contributed by atoms with Crippen molar-refractivity contribution in [1.82, 2.24) is 21.0 Å². The molecule has 5 aliphatic rings. The largest absolute Gasteiger partial charge is 0.394 e. The molecule has 0 aromatic rings. The molecular formula is C46H74N4O28. The van der Waals surface area contributed by atoms with Gasteiger partial charge in [-0.2, -0.15) is 0 Å². The lowest BCUT2D eigenvalue weighted by Gasteiger charge is -2.45. The summed E-state index contributed by atoms with van der Waals surface area (Å²) in [4.78, 5) is 92.6. The fraction of sp³-hybridized carbons (Fsp3) is 0.848. The van der Waals surface area contributed by atoms with E-state index in [4.69, 9.17) is 42.7 Å². The number of hydrogen-bond acceptors (Lipinski definition) is 28. The quantitative estimate of drug-likeness (QED) is 0.0244. The summed E-state index contributed by atoms with van der Waals surface area (Å²) < 4.78 is 44.1. The third kappa shape index (κ3) is 17.7. The van der Waals surface area contributed by atoms with Crippen LogP contribution < -0.4 is 16.0 Å². The van der Waals surface area contributed by atoms with Crippen molar-refractivity contribution in [2.45, 2.75) is 200 Å². The SMILES string of the molecule is C[C@@H]1O[C@@H](OCCNC(=O)CCCCC(=O)N[C@@H](CCCCCC(=O)ON2C(=O)CCC2=O)C(=O)NCCO[C@H]2O[C@H](CO[C@H]3O[C@H](CO)[C@@H](O)[C@H](O)C3O)[C@@H](O)[C@H](O[C@H]3O[C@H](CO)[C@@H](O)C(=O)[C@@H]3O)[C@@H]2O)[C@@H](O)[C@H](O)[C@@H]1O. The lowest BCUT2D eigenvalue weighted by Crippen LogP contribution is -2.64. The van der Waals surface area contributed by atoms with Gasteiger partial charge in [-0.1, -0.05) is 12.8 Å². The molecule has 5 heterocycles. The van der Waals surface area contributed by atoms with Crippen LogP contribution in [-0.4, -0.2) is 277 Å². The van der Waals surface area contributed by atoms with Crippen LogP contribution in [0.3, 0.4) is 0 Å². The molecular weight excluding hydrogens is 1060 g/mol. The number of carbonyl (C=O) groups excluding carboxylic acids is 7. The molecule has 5 saturated heterocycles. The van der Waals surface area contributed by atoms with E-state index in [1.165, 1.54) is 6.92 Å². The third-order valence-corrected chi connectivity index (χ3v) is 13.4. The molecule has 32 heteroatoms. The molecule has 5 fully saturated rings. The molecule has 0 radical (unpaired) electrons. The number of ketones is 1. The Kier molecular flexibility index (Phi) is 25.9. The smallest absolute Gasteiger partial charge is 0.333 e. The van der Waals surface area contributed by atoms with Gasteiger partial charge in [0.2, 0.25) is 17.7 Å². The van der Waals surface area contributed by atoms with Crippen molar-refractivity contribution in [2.24, 2.45) is 0 Å². The Labute approximate surface area is 445 Å². The highest BCUT2D eigenvalue weighted by molar-refractivity contribution is 6.01. The van der Waals surface area contributed by atoms with Gasteiger partial charge in [0.15, 0.2) is 37.0 Å². The lowest BCUT2D eigenvalue weighted by molar-refractivity contribution is -0.353. The van der Waals surface area contributed by atoms with Gasteiger partial charge in [0.1, 0.15) is 85.4 Å². The minimum absolute atomic E-state index is 0.00572. The number of hydroxylamine groups is 2. The summed E-state index contributed by atoms with van der Waals surface area (Å²) in [6, 6.07) is -1.18. The summed E-state index contributed by atoms with van der Waals surface area (Å²) >= 11 is 0. The first-order valence-corrected chi connectivity index (χ1v) is 25.7. The second-order valence-electron chi connectivity index (χ2n) is 19.2. The first kappa shape index (κ1) is 64.7. The van der Waals surface area contributed by atoms with Crippen molar-refractivity contribution in [2.75, 3.05) is 46.1 Å². The van der Waals surface area contributed by atoms with Crippen LogP contribution >= 0.6 is 0 Å². The summed E-state index contributed by atoms with van der Waals surface area (Å²) in [5.74, 6) is -5.00. The topological polar surface area (TPSA) is 485 Å². The van der Waals surface area contributed by atoms with Crippen molar-refractivity contribution in [3.63, 3.8) is 0 Å². The molecule has 5 aliphatic heterocycles. The van der Waals surface area contributed by atoms with Gasteiger partial charge in [-0.15, -0.1) is 5.06 Å². The number of Topliss-reactive ketones (excluding diaryl/α,β-unsaturated/α-hetero) is 1. The number of amides is 5. The van der Waals surface area contributed by atoms with E-state index in [1.807, 2.05) is 0 Å². The maximum atomic E-state index is 13.6. The van der Waals surface area contributed by atoms with Gasteiger partial charge in [-0.3, -0.25) is 28.8 Å². The molecule has 0 saturated carbocycles. The summed E-state index contributed by atoms with van der Waals surface area (Å²) in [6.07, 6.45) is -31.0. The Balaban J connectivity index is 1.15. The number of imide groups is 1. The van der Waals surface area contributed by atoms with Crippen LogP contribution in [0.2, 0.25) is 0 Å². The summed E-state index contributed by atoms with van der Waals surface area (Å²) in [7, 11) is 0. The Hall–Kier alpha value is -4.11. The Morgan fingerprint density at radius 3 is 1.77 bits per heavy atom. The average molecular weight is 1130 g/mol. The number of aliphatic hydroxyl groups is 12. The molecule has 20 atom stereocenters. The minimum atomic E-state index is -2.18. The number of ether oxygens (including phenoxy) is 8. The number of aliphatic hydroxyl groups excluding tert-OH is 12. The van der Waals surface area contributed by atoms with E-state index in [9.17, 15) is 94.8 Å². The van der Waals surface area contributed by atoms with Crippen LogP contribution in [0.4, 0.5) is 0 Å². The zero-order valence-electron chi connectivity index (χ0n) is 42.6. The lowest BCUT2D eigenvalue weighted by atomic mass is 9.97. The molecule has 0 aliphatic carbocycles. The number of unbranched alkanes of at least 4 members (excludes halogenated alkanes) is 3. The van der Waals surface area contributed by atoms with E-state index >= 15 is 0 Å². The number of carbonyl (C=O) groups is 7. The third-order valence-electron chi connectivity index (χ3n) is 13.4. The van der Waals surface area contributed by atoms with Crippen LogP contribution in [0.25, 0.3) is 0 Å². The van der Waals surface area contributed by atoms with Crippen molar-refractivity contribution < 1.29 is 138 Å². The maximum absolute atomic E-state index is 13.6. The Bertz CT molecular complexity index is 1960. The number of rotatable bonds is 29. The van der Waals surface area contributed by atoms with E-state index < -0.39 is 185 Å². The van der Waals surface area contributed by atoms with Crippen molar-refractivity contribution in [1.29, 1.82) is 0 Å². The van der Waals surface area contributed by atoms with Gasteiger partial charge >= 0.3 is 5.97 Å². The fourth-order valence-corrected chi connectivity index (χ4v) is 8.73. The van der Waals surface area contributed by atoms with Crippen molar-refractivity contribution in [3.8, 4) is 0 Å². The summed E-state index contributed by atoms with van der Waals surface area (Å²) in [6.45, 7) is -1.84. The molecule has 78 heavy (non-hydrogen) atoms. The normalized spacial score (nSPS) is 35.8. The highest BCUT2D eigenvalue weighted by atomic mass is 16.8. The molecule has 0 aromatic heterocycles. The second kappa shape index (κ2) is 31.2. The van der Waals surface area contributed by atoms with Crippen LogP contribution in [-0.2, 0) is 76.3 Å². The standard InChI is InChI=1S/C46H74N4O28/c1-20-30(58)34(62)37(65)43(73-20)70-15-13-47-25(53)8-5-6-9-26(54)49-21(7-3-2-4-10-29(57)78-50-27(55)11-12-28(50)56)42(69)48-14-16-71-45-40(68)41(77-46-39(67)36(64)32(60)23(18-52)75-46)33(61)24(76-45)19-72-44-38(66)35(63)31(59)22(17-51)74-44/h20-24,30-35,37-41,43-46,51-52,58-63,65-68H,2-19H2,1H3,(H,47,53)(H,48,69)(H,49,54)/t20-,21-,22+,23+,24+,30+,31+,32+,33+,34+,35-,37-,38?,39-,40-,41-,43+,44-,45-,46+/m0/s1. The van der Waals surface area contributed by atoms with Crippen LogP contribution in [0.1, 0.15) is 77.6 Å². The molecule has 15 N–H and O–H groups in total. The molecule has 0 spiro atoms. The molecule has 1 unspecified atom stereocenters. The van der Waals surface area contributed by atoms with Gasteiger partial charge in [0.25, 0.3) is 11.8 Å². The molecule has 446 valence electrons. The average Bonchev–Trinajstić information content (AvgIpc) is 3.74. The van der Waals surface area contributed by atoms with E-state index in [2.05, 4.69) is 16.0 Å². The molecule has 32 nitrogen and oxygen atoms in total. The van der Waals surface area contributed by atoms with E-state index in [0.717, 1.165) is 0 Å². The number of nitrogens with one attached hydrogen (secondary N) is 3. The second-order valence-corrected chi connectivity index (χ2v) is 19.2. The predicted molar refractivity (Wildman–Crippen MR) is 249 cm³/mol. The van der Waals surface area contributed by atoms with E-state index in [0.29, 0.717) is 11.5 Å². The first-order valence-electron chi connectivity index (χ1n) is 25.7. The van der Waals surface area contributed by atoms with Gasteiger partial charge < -0.3 is 120 Å². The van der Waals surface area contributed by atoms with E-state index in [1.54, 1.807) is 0 Å². The van der Waals surface area contributed by atoms with Gasteiger partial charge in [0, 0.05) is 45.2 Å². The Morgan fingerprint density at radius 1 is 0.577 bits per heavy atom. The fourth-order valence-electron chi connectivity index (χ4n) is 8.73. The predicted octanol–water partition coefficient (Wildman–Crippen LogP) is -8.66.